The van der Waals surface area contributed by atoms with Gasteiger partial charge >= 0.3 is 7.60 Å². The molecule has 2 aliphatic rings. The number of unbranched alkanes of at least 4 members (excludes halogenated alkanes) is 13. The zero-order valence-corrected chi connectivity index (χ0v) is 27.5. The number of thioether (sulfide) groups is 1. The second-order valence-electron chi connectivity index (χ2n) is 12.8. The van der Waals surface area contributed by atoms with Gasteiger partial charge in [-0.05, 0) is 12.2 Å². The summed E-state index contributed by atoms with van der Waals surface area (Å²) in [7, 11) is 3.37. The number of piperidine rings is 1. The van der Waals surface area contributed by atoms with Crippen LogP contribution >= 0.6 is 19.4 Å². The third-order valence-corrected chi connectivity index (χ3v) is 11.7. The molecule has 0 aromatic carbocycles. The van der Waals surface area contributed by atoms with E-state index >= 15 is 0 Å². The maximum Gasteiger partial charge on any atom is 0.327 e. The van der Waals surface area contributed by atoms with Crippen molar-refractivity contribution < 1.29 is 22.8 Å². The third-order valence-electron chi connectivity index (χ3n) is 9.07. The number of methoxy groups -OCH3 is 1. The Morgan fingerprint density at radius 2 is 1.32 bits per heavy atom. The Hall–Kier alpha value is 0.420. The topological polar surface area (TPSA) is 44.8 Å². The Kier molecular flexibility index (Phi) is 17.8. The number of quaternary nitrogens is 1. The van der Waals surface area contributed by atoms with E-state index in [-0.39, 0.29) is 12.0 Å². The van der Waals surface area contributed by atoms with Gasteiger partial charge in [-0.1, -0.05) is 90.4 Å². The maximum atomic E-state index is 13.1. The number of rotatable bonds is 24. The van der Waals surface area contributed by atoms with E-state index in [2.05, 4.69) is 21.0 Å². The number of hydrogen-bond acceptors (Lipinski definition) is 5. The molecule has 2 rings (SSSR count). The van der Waals surface area contributed by atoms with Crippen LogP contribution in [0.2, 0.25) is 0 Å². The second kappa shape index (κ2) is 19.5. The van der Waals surface area contributed by atoms with E-state index in [1.165, 1.54) is 108 Å². The molecule has 2 heterocycles. The minimum atomic E-state index is -3.05. The van der Waals surface area contributed by atoms with E-state index in [9.17, 15) is 4.57 Å². The van der Waals surface area contributed by atoms with E-state index in [1.807, 2.05) is 11.8 Å². The van der Waals surface area contributed by atoms with Gasteiger partial charge in [0.15, 0.2) is 0 Å². The highest BCUT2D eigenvalue weighted by molar-refractivity contribution is 7.99. The molecule has 0 aliphatic carbocycles. The van der Waals surface area contributed by atoms with Crippen LogP contribution in [-0.4, -0.2) is 75.3 Å². The first-order valence-electron chi connectivity index (χ1n) is 16.1. The van der Waals surface area contributed by atoms with Gasteiger partial charge in [0.1, 0.15) is 0 Å². The van der Waals surface area contributed by atoms with Gasteiger partial charge in [-0.2, -0.15) is 11.8 Å². The normalized spacial score (nSPS) is 24.9. The molecule has 0 radical (unpaired) electrons. The summed E-state index contributed by atoms with van der Waals surface area (Å²) in [5.41, 5.74) is 0. The van der Waals surface area contributed by atoms with Gasteiger partial charge in [0, 0.05) is 51.1 Å². The second-order valence-corrected chi connectivity index (χ2v) is 15.9. The molecule has 0 amide bonds. The minimum Gasteiger partial charge on any atom is -0.384 e. The van der Waals surface area contributed by atoms with E-state index in [1.54, 1.807) is 13.8 Å². The van der Waals surface area contributed by atoms with Crippen molar-refractivity contribution in [2.45, 2.75) is 141 Å². The van der Waals surface area contributed by atoms with Gasteiger partial charge in [-0.25, -0.2) is 0 Å². The lowest BCUT2D eigenvalue weighted by atomic mass is 9.98. The number of nitrogens with zero attached hydrogens (tertiary/aromatic N) is 1. The summed E-state index contributed by atoms with van der Waals surface area (Å²) >= 11 is 1.99. The molecule has 2 bridgehead atoms. The summed E-state index contributed by atoms with van der Waals surface area (Å²) in [5, 5.41) is 0. The van der Waals surface area contributed by atoms with Crippen molar-refractivity contribution in [2.75, 3.05) is 52.6 Å². The van der Waals surface area contributed by atoms with Gasteiger partial charge in [0.25, 0.3) is 0 Å². The molecule has 2 aliphatic heterocycles. The summed E-state index contributed by atoms with van der Waals surface area (Å²) in [6.45, 7) is 5.05. The van der Waals surface area contributed by atoms with Crippen LogP contribution in [-0.2, 0) is 18.3 Å². The van der Waals surface area contributed by atoms with Crippen molar-refractivity contribution in [1.29, 1.82) is 0 Å². The molecular weight excluding hydrogens is 513 g/mol. The molecule has 38 heavy (non-hydrogen) atoms. The first-order chi connectivity index (χ1) is 18.3. The first kappa shape index (κ1) is 34.6. The molecule has 226 valence electrons. The zero-order chi connectivity index (χ0) is 27.7. The summed E-state index contributed by atoms with van der Waals surface area (Å²) in [6.07, 6.45) is 24.2. The predicted molar refractivity (Wildman–Crippen MR) is 166 cm³/mol. The van der Waals surface area contributed by atoms with Gasteiger partial charge < -0.3 is 18.3 Å². The molecule has 4 atom stereocenters. The van der Waals surface area contributed by atoms with E-state index < -0.39 is 7.60 Å². The van der Waals surface area contributed by atoms with Crippen molar-refractivity contribution in [3.8, 4) is 0 Å². The molecule has 2 fully saturated rings. The molecule has 0 aromatic rings. The fourth-order valence-electron chi connectivity index (χ4n) is 6.49. The van der Waals surface area contributed by atoms with Crippen LogP contribution in [0.3, 0.4) is 0 Å². The molecular formula is C31H63NO4PS+. The number of hydrogen-bond donors (Lipinski definition) is 0. The summed E-state index contributed by atoms with van der Waals surface area (Å²) in [6, 6.07) is 1.26. The summed E-state index contributed by atoms with van der Waals surface area (Å²) in [5.74, 6) is 2.44. The Balaban J connectivity index is 1.46. The molecule has 7 heteroatoms. The quantitative estimate of drug-likeness (QED) is 0.0651. The van der Waals surface area contributed by atoms with Crippen molar-refractivity contribution >= 4 is 19.4 Å². The van der Waals surface area contributed by atoms with Crippen LogP contribution in [0, 0.1) is 5.92 Å². The van der Waals surface area contributed by atoms with Crippen LogP contribution in [0.5, 0.6) is 0 Å². The van der Waals surface area contributed by atoms with E-state index in [0.29, 0.717) is 25.3 Å². The number of fused-ring (bicyclic) bond motifs is 2. The molecule has 5 nitrogen and oxygen atoms in total. The highest BCUT2D eigenvalue weighted by atomic mass is 32.2. The summed E-state index contributed by atoms with van der Waals surface area (Å²) in [4.78, 5) is 0. The van der Waals surface area contributed by atoms with Crippen molar-refractivity contribution in [3.05, 3.63) is 0 Å². The van der Waals surface area contributed by atoms with E-state index in [4.69, 9.17) is 13.8 Å². The van der Waals surface area contributed by atoms with Gasteiger partial charge in [-0.15, -0.1) is 0 Å². The van der Waals surface area contributed by atoms with Gasteiger partial charge in [0.05, 0.1) is 45.5 Å². The Bertz CT molecular complexity index is 633. The van der Waals surface area contributed by atoms with Crippen LogP contribution in [0.1, 0.15) is 122 Å². The molecule has 0 aromatic heterocycles. The average molecular weight is 577 g/mol. The monoisotopic (exact) mass is 576 g/mol. The van der Waals surface area contributed by atoms with Crippen molar-refractivity contribution in [1.82, 2.24) is 0 Å². The maximum absolute atomic E-state index is 13.1. The van der Waals surface area contributed by atoms with Crippen molar-refractivity contribution in [2.24, 2.45) is 5.92 Å². The standard InChI is InChI=1S/C31H63NO4PS/c1-6-7-8-9-10-11-12-13-14-15-16-17-18-19-22-38-27-28(25-34-4)26-35-37(5,33)36-31-23-29-20-21-30(24-31)32(29,2)3/h28-31H,6-27H2,1-5H3/q+1. The smallest absolute Gasteiger partial charge is 0.327 e. The Morgan fingerprint density at radius 3 is 1.82 bits per heavy atom. The number of ether oxygens (including phenoxy) is 1. The molecule has 4 unspecified atom stereocenters. The lowest BCUT2D eigenvalue weighted by Gasteiger charge is -2.44. The predicted octanol–water partition coefficient (Wildman–Crippen LogP) is 9.09. The van der Waals surface area contributed by atoms with Crippen LogP contribution in [0.15, 0.2) is 0 Å². The SMILES string of the molecule is CCCCCCCCCCCCCCCCSCC(COC)COP(C)(=O)OC1CC2CCC(C1)[N+]2(C)C. The summed E-state index contributed by atoms with van der Waals surface area (Å²) < 4.78 is 31.6. The van der Waals surface area contributed by atoms with Gasteiger partial charge in [-0.3, -0.25) is 4.57 Å². The van der Waals surface area contributed by atoms with Crippen LogP contribution in [0.4, 0.5) is 0 Å². The lowest BCUT2D eigenvalue weighted by molar-refractivity contribution is -0.931. The minimum absolute atomic E-state index is 0.0741. The largest absolute Gasteiger partial charge is 0.384 e. The zero-order valence-electron chi connectivity index (χ0n) is 25.8. The average Bonchev–Trinajstić information content (AvgIpc) is 3.02. The highest BCUT2D eigenvalue weighted by Crippen LogP contribution is 2.50. The fraction of sp³-hybridized carbons (Fsp3) is 1.00. The van der Waals surface area contributed by atoms with Crippen LogP contribution in [0.25, 0.3) is 0 Å². The van der Waals surface area contributed by atoms with Crippen LogP contribution < -0.4 is 0 Å². The Labute approximate surface area is 241 Å². The van der Waals surface area contributed by atoms with E-state index in [0.717, 1.165) is 23.1 Å². The fourth-order valence-corrected chi connectivity index (χ4v) is 8.84. The van der Waals surface area contributed by atoms with Crippen molar-refractivity contribution in [3.63, 3.8) is 0 Å². The lowest BCUT2D eigenvalue weighted by Crippen LogP contribution is -2.55. The molecule has 2 saturated heterocycles. The third kappa shape index (κ3) is 13.9. The molecule has 0 saturated carbocycles. The first-order valence-corrected chi connectivity index (χ1v) is 19.2. The Morgan fingerprint density at radius 1 is 0.816 bits per heavy atom. The van der Waals surface area contributed by atoms with Gasteiger partial charge in [0.2, 0.25) is 0 Å². The molecule has 0 spiro atoms. The highest BCUT2D eigenvalue weighted by Gasteiger charge is 2.50. The molecule has 0 N–H and O–H groups in total.